The van der Waals surface area contributed by atoms with Gasteiger partial charge in [0.05, 0.1) is 17.4 Å². The van der Waals surface area contributed by atoms with Gasteiger partial charge in [0, 0.05) is 4.47 Å². The van der Waals surface area contributed by atoms with E-state index >= 15 is 0 Å². The lowest BCUT2D eigenvalue weighted by molar-refractivity contribution is 0.102. The summed E-state index contributed by atoms with van der Waals surface area (Å²) in [4.78, 5) is 12.3. The minimum absolute atomic E-state index is 0.0523. The number of hydrogen-bond donors (Lipinski definition) is 1. The van der Waals surface area contributed by atoms with Crippen LogP contribution in [0, 0.1) is 0 Å². The molecule has 0 radical (unpaired) electrons. The average Bonchev–Trinajstić information content (AvgIpc) is 2.41. The van der Waals surface area contributed by atoms with Crippen LogP contribution in [0.4, 0.5) is 5.69 Å². The van der Waals surface area contributed by atoms with Crippen LogP contribution in [0.2, 0.25) is 0 Å². The van der Waals surface area contributed by atoms with Crippen LogP contribution in [0.25, 0.3) is 0 Å². The lowest BCUT2D eigenvalue weighted by Gasteiger charge is -2.15. The van der Waals surface area contributed by atoms with E-state index in [9.17, 15) is 4.79 Å². The first kappa shape index (κ1) is 14.6. The fraction of sp³-hybridized carbons (Fsp3) is 0.188. The van der Waals surface area contributed by atoms with Crippen LogP contribution in [0.15, 0.2) is 53.0 Å². The number of carbonyl (C=O) groups excluding carboxylic acids is 1. The van der Waals surface area contributed by atoms with Crippen molar-refractivity contribution >= 4 is 27.5 Å². The average molecular weight is 334 g/mol. The molecule has 1 N–H and O–H groups in total. The van der Waals surface area contributed by atoms with Gasteiger partial charge in [-0.15, -0.1) is 0 Å². The number of anilines is 1. The molecule has 0 spiro atoms. The van der Waals surface area contributed by atoms with Crippen molar-refractivity contribution in [2.45, 2.75) is 20.0 Å². The zero-order chi connectivity index (χ0) is 14.5. The summed E-state index contributed by atoms with van der Waals surface area (Å²) in [6, 6.07) is 14.7. The Balaban J connectivity index is 2.22. The predicted octanol–water partition coefficient (Wildman–Crippen LogP) is 4.49. The predicted molar refractivity (Wildman–Crippen MR) is 84.3 cm³/mol. The molecule has 0 unspecified atom stereocenters. The van der Waals surface area contributed by atoms with Crippen LogP contribution in [-0.4, -0.2) is 12.0 Å². The van der Waals surface area contributed by atoms with E-state index in [1.54, 1.807) is 6.07 Å². The maximum atomic E-state index is 12.3. The first-order valence-corrected chi connectivity index (χ1v) is 7.19. The number of amides is 1. The van der Waals surface area contributed by atoms with Gasteiger partial charge in [0.15, 0.2) is 0 Å². The number of carbonyl (C=O) groups is 1. The molecule has 1 amide bonds. The summed E-state index contributed by atoms with van der Waals surface area (Å²) >= 11 is 3.38. The molecule has 0 saturated heterocycles. The Kier molecular flexibility index (Phi) is 4.79. The smallest absolute Gasteiger partial charge is 0.256 e. The van der Waals surface area contributed by atoms with Crippen molar-refractivity contribution in [1.29, 1.82) is 0 Å². The van der Waals surface area contributed by atoms with E-state index in [-0.39, 0.29) is 12.0 Å². The van der Waals surface area contributed by atoms with Gasteiger partial charge in [0.1, 0.15) is 5.75 Å². The second kappa shape index (κ2) is 6.57. The highest BCUT2D eigenvalue weighted by atomic mass is 79.9. The fourth-order valence-corrected chi connectivity index (χ4v) is 2.23. The Morgan fingerprint density at radius 3 is 2.45 bits per heavy atom. The number of rotatable bonds is 4. The number of halogens is 1. The zero-order valence-electron chi connectivity index (χ0n) is 11.4. The lowest BCUT2D eigenvalue weighted by Crippen LogP contribution is -2.14. The summed E-state index contributed by atoms with van der Waals surface area (Å²) in [6.45, 7) is 3.90. The summed E-state index contributed by atoms with van der Waals surface area (Å²) < 4.78 is 6.45. The van der Waals surface area contributed by atoms with Crippen LogP contribution in [0.1, 0.15) is 24.2 Å². The number of para-hydroxylation sites is 2. The minimum atomic E-state index is -0.169. The van der Waals surface area contributed by atoms with Gasteiger partial charge in [-0.25, -0.2) is 0 Å². The highest BCUT2D eigenvalue weighted by Crippen LogP contribution is 2.26. The molecular weight excluding hydrogens is 318 g/mol. The van der Waals surface area contributed by atoms with Gasteiger partial charge in [-0.05, 0) is 54.0 Å². The topological polar surface area (TPSA) is 38.3 Å². The molecular formula is C16H16BrNO2. The minimum Gasteiger partial charge on any atom is -0.489 e. The van der Waals surface area contributed by atoms with Crippen molar-refractivity contribution < 1.29 is 9.53 Å². The first-order chi connectivity index (χ1) is 9.58. The number of hydrogen-bond acceptors (Lipinski definition) is 2. The van der Waals surface area contributed by atoms with Crippen molar-refractivity contribution in [3.8, 4) is 5.75 Å². The number of ether oxygens (including phenoxy) is 1. The Hall–Kier alpha value is -1.81. The molecule has 0 bridgehead atoms. The van der Waals surface area contributed by atoms with Gasteiger partial charge in [0.25, 0.3) is 5.91 Å². The molecule has 0 saturated carbocycles. The Morgan fingerprint density at radius 1 is 1.10 bits per heavy atom. The maximum Gasteiger partial charge on any atom is 0.256 e. The lowest BCUT2D eigenvalue weighted by atomic mass is 10.2. The second-order valence-electron chi connectivity index (χ2n) is 4.60. The van der Waals surface area contributed by atoms with E-state index in [0.717, 1.165) is 4.47 Å². The molecule has 2 aromatic carbocycles. The molecule has 0 fully saturated rings. The Bertz CT molecular complexity index is 611. The summed E-state index contributed by atoms with van der Waals surface area (Å²) in [7, 11) is 0. The third-order valence-electron chi connectivity index (χ3n) is 2.62. The van der Waals surface area contributed by atoms with Crippen molar-refractivity contribution in [3.63, 3.8) is 0 Å². The third-order valence-corrected chi connectivity index (χ3v) is 3.31. The van der Waals surface area contributed by atoms with E-state index in [0.29, 0.717) is 17.0 Å². The monoisotopic (exact) mass is 333 g/mol. The van der Waals surface area contributed by atoms with E-state index < -0.39 is 0 Å². The zero-order valence-corrected chi connectivity index (χ0v) is 13.0. The molecule has 2 rings (SSSR count). The molecule has 0 aliphatic rings. The fourth-order valence-electron chi connectivity index (χ4n) is 1.76. The molecule has 4 heteroatoms. The molecule has 2 aromatic rings. The molecule has 0 aliphatic carbocycles. The number of nitrogens with one attached hydrogen (secondary N) is 1. The quantitative estimate of drug-likeness (QED) is 0.895. The maximum absolute atomic E-state index is 12.3. The molecule has 3 nitrogen and oxygen atoms in total. The van der Waals surface area contributed by atoms with E-state index in [1.165, 1.54) is 0 Å². The van der Waals surface area contributed by atoms with Gasteiger partial charge >= 0.3 is 0 Å². The Labute approximate surface area is 127 Å². The second-order valence-corrected chi connectivity index (χ2v) is 5.45. The van der Waals surface area contributed by atoms with Crippen molar-refractivity contribution in [2.75, 3.05) is 5.32 Å². The van der Waals surface area contributed by atoms with Crippen LogP contribution in [0.5, 0.6) is 5.75 Å². The standard InChI is InChI=1S/C16H16BrNO2/c1-11(2)20-15-10-6-5-9-14(15)18-16(19)12-7-3-4-8-13(12)17/h3-11H,1-2H3,(H,18,19). The van der Waals surface area contributed by atoms with Crippen LogP contribution >= 0.6 is 15.9 Å². The van der Waals surface area contributed by atoms with Gasteiger partial charge in [0.2, 0.25) is 0 Å². The van der Waals surface area contributed by atoms with Crippen molar-refractivity contribution in [2.24, 2.45) is 0 Å². The molecule has 0 aromatic heterocycles. The van der Waals surface area contributed by atoms with Gasteiger partial charge in [-0.2, -0.15) is 0 Å². The summed E-state index contributed by atoms with van der Waals surface area (Å²) in [5.41, 5.74) is 1.26. The molecule has 20 heavy (non-hydrogen) atoms. The first-order valence-electron chi connectivity index (χ1n) is 6.39. The summed E-state index contributed by atoms with van der Waals surface area (Å²) in [5.74, 6) is 0.500. The van der Waals surface area contributed by atoms with E-state index in [2.05, 4.69) is 21.2 Å². The van der Waals surface area contributed by atoms with Crippen molar-refractivity contribution in [1.82, 2.24) is 0 Å². The van der Waals surface area contributed by atoms with E-state index in [1.807, 2.05) is 56.3 Å². The molecule has 0 aliphatic heterocycles. The molecule has 0 heterocycles. The van der Waals surface area contributed by atoms with Gasteiger partial charge in [-0.1, -0.05) is 24.3 Å². The SMILES string of the molecule is CC(C)Oc1ccccc1NC(=O)c1ccccc1Br. The van der Waals surface area contributed by atoms with Crippen LogP contribution in [-0.2, 0) is 0 Å². The molecule has 0 atom stereocenters. The molecule has 104 valence electrons. The normalized spacial score (nSPS) is 10.4. The van der Waals surface area contributed by atoms with E-state index in [4.69, 9.17) is 4.74 Å². The van der Waals surface area contributed by atoms with Crippen LogP contribution < -0.4 is 10.1 Å². The summed E-state index contributed by atoms with van der Waals surface area (Å²) in [5, 5.41) is 2.88. The largest absolute Gasteiger partial charge is 0.489 e. The summed E-state index contributed by atoms with van der Waals surface area (Å²) in [6.07, 6.45) is 0.0523. The number of benzene rings is 2. The highest BCUT2D eigenvalue weighted by molar-refractivity contribution is 9.10. The Morgan fingerprint density at radius 2 is 1.75 bits per heavy atom. The van der Waals surface area contributed by atoms with Crippen molar-refractivity contribution in [3.05, 3.63) is 58.6 Å². The van der Waals surface area contributed by atoms with Gasteiger partial charge < -0.3 is 10.1 Å². The third kappa shape index (κ3) is 3.61. The highest BCUT2D eigenvalue weighted by Gasteiger charge is 2.12. The van der Waals surface area contributed by atoms with Gasteiger partial charge in [-0.3, -0.25) is 4.79 Å². The van der Waals surface area contributed by atoms with Crippen LogP contribution in [0.3, 0.4) is 0 Å².